The maximum atomic E-state index is 11.5. The Kier molecular flexibility index (Phi) is 3.62. The fourth-order valence-corrected chi connectivity index (χ4v) is 2.23. The second kappa shape index (κ2) is 5.73. The number of fused-ring (bicyclic) bond motifs is 1. The molecule has 0 saturated heterocycles. The second-order valence-corrected chi connectivity index (χ2v) is 4.73. The number of nitrogens with one attached hydrogen (secondary N) is 1. The summed E-state index contributed by atoms with van der Waals surface area (Å²) in [5.74, 6) is -0.410. The number of H-pyrrole nitrogens is 1. The van der Waals surface area contributed by atoms with Gasteiger partial charge in [-0.3, -0.25) is 4.99 Å². The quantitative estimate of drug-likeness (QED) is 0.574. The molecular formula is C17H14N2O3. The van der Waals surface area contributed by atoms with Crippen LogP contribution in [0.3, 0.4) is 0 Å². The number of carbonyl (C=O) groups is 1. The van der Waals surface area contributed by atoms with Gasteiger partial charge in [0.1, 0.15) is 0 Å². The highest BCUT2D eigenvalue weighted by atomic mass is 16.5. The third kappa shape index (κ3) is 2.56. The Morgan fingerprint density at radius 3 is 2.73 bits per heavy atom. The standard InChI is InChI=1S/C17H14N2O3/c1-22-17(21)11-7-8-13-14(16(20)19-15(13)9-11)10-18-12-5-3-2-4-6-12/h2-10,19-20H,1H3. The van der Waals surface area contributed by atoms with Crippen LogP contribution in [0.15, 0.2) is 53.5 Å². The van der Waals surface area contributed by atoms with Crippen molar-refractivity contribution in [3.63, 3.8) is 0 Å². The number of methoxy groups -OCH3 is 1. The van der Waals surface area contributed by atoms with E-state index in [4.69, 9.17) is 0 Å². The lowest BCUT2D eigenvalue weighted by molar-refractivity contribution is 0.0601. The van der Waals surface area contributed by atoms with Crippen molar-refractivity contribution >= 4 is 28.8 Å². The predicted molar refractivity (Wildman–Crippen MR) is 85.0 cm³/mol. The van der Waals surface area contributed by atoms with Gasteiger partial charge in [0.25, 0.3) is 0 Å². The molecule has 0 radical (unpaired) electrons. The maximum Gasteiger partial charge on any atom is 0.337 e. The van der Waals surface area contributed by atoms with Crippen molar-refractivity contribution in [3.8, 4) is 5.88 Å². The molecule has 0 spiro atoms. The maximum absolute atomic E-state index is 11.5. The molecule has 110 valence electrons. The van der Waals surface area contributed by atoms with E-state index in [0.717, 1.165) is 11.1 Å². The van der Waals surface area contributed by atoms with Gasteiger partial charge in [-0.25, -0.2) is 4.79 Å². The fourth-order valence-electron chi connectivity index (χ4n) is 2.23. The van der Waals surface area contributed by atoms with Crippen LogP contribution in [0.1, 0.15) is 15.9 Å². The molecule has 0 atom stereocenters. The van der Waals surface area contributed by atoms with Crippen LogP contribution < -0.4 is 0 Å². The van der Waals surface area contributed by atoms with Crippen LogP contribution in [0.4, 0.5) is 5.69 Å². The van der Waals surface area contributed by atoms with Gasteiger partial charge in [-0.1, -0.05) is 24.3 Å². The smallest absolute Gasteiger partial charge is 0.337 e. The number of ether oxygens (including phenoxy) is 1. The van der Waals surface area contributed by atoms with Gasteiger partial charge < -0.3 is 14.8 Å². The first-order valence-corrected chi connectivity index (χ1v) is 6.71. The van der Waals surface area contributed by atoms with Gasteiger partial charge in [0.2, 0.25) is 0 Å². The molecule has 1 aromatic heterocycles. The summed E-state index contributed by atoms with van der Waals surface area (Å²) in [7, 11) is 1.33. The molecule has 0 saturated carbocycles. The van der Waals surface area contributed by atoms with E-state index in [1.807, 2.05) is 30.3 Å². The van der Waals surface area contributed by atoms with Gasteiger partial charge in [-0.05, 0) is 24.3 Å². The van der Waals surface area contributed by atoms with Crippen molar-refractivity contribution in [3.05, 3.63) is 59.7 Å². The zero-order valence-corrected chi connectivity index (χ0v) is 11.9. The molecule has 0 fully saturated rings. The number of aromatic amines is 1. The number of hydrogen-bond donors (Lipinski definition) is 2. The van der Waals surface area contributed by atoms with Crippen molar-refractivity contribution in [2.45, 2.75) is 0 Å². The van der Waals surface area contributed by atoms with Crippen molar-refractivity contribution in [1.29, 1.82) is 0 Å². The normalized spacial score (nSPS) is 11.1. The van der Waals surface area contributed by atoms with E-state index in [-0.39, 0.29) is 5.88 Å². The zero-order valence-electron chi connectivity index (χ0n) is 11.9. The summed E-state index contributed by atoms with van der Waals surface area (Å²) in [5.41, 5.74) is 2.44. The van der Waals surface area contributed by atoms with Crippen LogP contribution in [0.5, 0.6) is 5.88 Å². The van der Waals surface area contributed by atoms with Crippen LogP contribution >= 0.6 is 0 Å². The molecule has 5 nitrogen and oxygen atoms in total. The molecule has 0 bridgehead atoms. The number of aliphatic imine (C=N–C) groups is 1. The van der Waals surface area contributed by atoms with Gasteiger partial charge in [0, 0.05) is 17.1 Å². The van der Waals surface area contributed by atoms with Crippen LogP contribution in [0, 0.1) is 0 Å². The first-order chi connectivity index (χ1) is 10.7. The van der Waals surface area contributed by atoms with Crippen LogP contribution in [-0.2, 0) is 4.74 Å². The van der Waals surface area contributed by atoms with E-state index < -0.39 is 5.97 Å². The van der Waals surface area contributed by atoms with Crippen molar-refractivity contribution in [2.24, 2.45) is 4.99 Å². The van der Waals surface area contributed by atoms with Crippen molar-refractivity contribution < 1.29 is 14.6 Å². The van der Waals surface area contributed by atoms with E-state index in [0.29, 0.717) is 16.6 Å². The number of nitrogens with zero attached hydrogens (tertiary/aromatic N) is 1. The lowest BCUT2D eigenvalue weighted by atomic mass is 10.1. The largest absolute Gasteiger partial charge is 0.494 e. The highest BCUT2D eigenvalue weighted by Crippen LogP contribution is 2.27. The Morgan fingerprint density at radius 2 is 2.00 bits per heavy atom. The summed E-state index contributed by atoms with van der Waals surface area (Å²) in [4.78, 5) is 18.7. The monoisotopic (exact) mass is 294 g/mol. The minimum absolute atomic E-state index is 0.0108. The highest BCUT2D eigenvalue weighted by Gasteiger charge is 2.12. The molecule has 0 amide bonds. The topological polar surface area (TPSA) is 74.7 Å². The molecule has 0 aliphatic heterocycles. The fraction of sp³-hybridized carbons (Fsp3) is 0.0588. The minimum Gasteiger partial charge on any atom is -0.494 e. The summed E-state index contributed by atoms with van der Waals surface area (Å²) in [6, 6.07) is 14.5. The van der Waals surface area contributed by atoms with E-state index in [9.17, 15) is 9.90 Å². The van der Waals surface area contributed by atoms with Gasteiger partial charge in [0.15, 0.2) is 5.88 Å². The molecule has 2 N–H and O–H groups in total. The molecule has 0 unspecified atom stereocenters. The number of aromatic nitrogens is 1. The first-order valence-electron chi connectivity index (χ1n) is 6.71. The van der Waals surface area contributed by atoms with E-state index in [1.165, 1.54) is 7.11 Å². The lowest BCUT2D eigenvalue weighted by Gasteiger charge is -1.99. The number of hydrogen-bond acceptors (Lipinski definition) is 4. The second-order valence-electron chi connectivity index (χ2n) is 4.73. The molecule has 3 aromatic rings. The number of esters is 1. The number of para-hydroxylation sites is 1. The number of aromatic hydroxyl groups is 1. The summed E-state index contributed by atoms with van der Waals surface area (Å²) in [6.45, 7) is 0. The van der Waals surface area contributed by atoms with E-state index >= 15 is 0 Å². The molecule has 5 heteroatoms. The highest BCUT2D eigenvalue weighted by molar-refractivity contribution is 6.04. The third-order valence-corrected chi connectivity index (χ3v) is 3.34. The number of carbonyl (C=O) groups excluding carboxylic acids is 1. The predicted octanol–water partition coefficient (Wildman–Crippen LogP) is 3.41. The Labute approximate surface area is 126 Å². The van der Waals surface area contributed by atoms with E-state index in [1.54, 1.807) is 24.4 Å². The van der Waals surface area contributed by atoms with Gasteiger partial charge in [0.05, 0.1) is 23.9 Å². The Balaban J connectivity index is 2.02. The van der Waals surface area contributed by atoms with Crippen molar-refractivity contribution in [2.75, 3.05) is 7.11 Å². The van der Waals surface area contributed by atoms with Crippen LogP contribution in [0.2, 0.25) is 0 Å². The van der Waals surface area contributed by atoms with Crippen molar-refractivity contribution in [1.82, 2.24) is 4.98 Å². The minimum atomic E-state index is -0.421. The van der Waals surface area contributed by atoms with Gasteiger partial charge in [-0.15, -0.1) is 0 Å². The summed E-state index contributed by atoms with van der Waals surface area (Å²) in [6.07, 6.45) is 1.60. The molecule has 22 heavy (non-hydrogen) atoms. The summed E-state index contributed by atoms with van der Waals surface area (Å²) < 4.78 is 4.69. The average Bonchev–Trinajstić information content (AvgIpc) is 2.87. The molecule has 0 aliphatic rings. The SMILES string of the molecule is COC(=O)c1ccc2c(C=Nc3ccccc3)c(O)[nH]c2c1. The Hall–Kier alpha value is -3.08. The number of rotatable bonds is 3. The summed E-state index contributed by atoms with van der Waals surface area (Å²) >= 11 is 0. The van der Waals surface area contributed by atoms with E-state index in [2.05, 4.69) is 14.7 Å². The van der Waals surface area contributed by atoms with Crippen LogP contribution in [0.25, 0.3) is 10.9 Å². The molecular weight excluding hydrogens is 280 g/mol. The third-order valence-electron chi connectivity index (χ3n) is 3.34. The summed E-state index contributed by atoms with van der Waals surface area (Å²) in [5, 5.41) is 10.8. The Bertz CT molecular complexity index is 851. The van der Waals surface area contributed by atoms with Gasteiger partial charge in [-0.2, -0.15) is 0 Å². The molecule has 0 aliphatic carbocycles. The van der Waals surface area contributed by atoms with Crippen LogP contribution in [-0.4, -0.2) is 29.4 Å². The molecule has 3 rings (SSSR count). The Morgan fingerprint density at radius 1 is 1.23 bits per heavy atom. The first kappa shape index (κ1) is 13.9. The zero-order chi connectivity index (χ0) is 15.5. The van der Waals surface area contributed by atoms with Gasteiger partial charge >= 0.3 is 5.97 Å². The average molecular weight is 294 g/mol. The lowest BCUT2D eigenvalue weighted by Crippen LogP contribution is -2.00. The molecule has 1 heterocycles. The molecule has 2 aromatic carbocycles. The number of benzene rings is 2.